The van der Waals surface area contributed by atoms with Crippen molar-refractivity contribution < 1.29 is 22.7 Å². The van der Waals surface area contributed by atoms with E-state index in [2.05, 4.69) is 16.6 Å². The van der Waals surface area contributed by atoms with Crippen molar-refractivity contribution in [1.82, 2.24) is 9.80 Å². The topological polar surface area (TPSA) is 32.8 Å². The van der Waals surface area contributed by atoms with E-state index in [0.717, 1.165) is 19.5 Å². The average molecular weight is 296 g/mol. The van der Waals surface area contributed by atoms with Gasteiger partial charge in [-0.1, -0.05) is 6.92 Å². The summed E-state index contributed by atoms with van der Waals surface area (Å²) in [6.45, 7) is 2.45. The van der Waals surface area contributed by atoms with Crippen molar-refractivity contribution in [2.75, 3.05) is 40.4 Å². The van der Waals surface area contributed by atoms with Crippen molar-refractivity contribution in [3.63, 3.8) is 0 Å². The molecule has 0 bridgehead atoms. The number of piperidine rings is 1. The molecule has 0 aromatic carbocycles. The zero-order valence-corrected chi connectivity index (χ0v) is 12.2. The van der Waals surface area contributed by atoms with E-state index in [1.165, 1.54) is 0 Å². The Morgan fingerprint density at radius 2 is 2.10 bits per heavy atom. The largest absolute Gasteiger partial charge is 0.411 e. The zero-order valence-electron chi connectivity index (χ0n) is 12.2. The van der Waals surface area contributed by atoms with Crippen molar-refractivity contribution in [3.8, 4) is 0 Å². The predicted octanol–water partition coefficient (Wildman–Crippen LogP) is 1.75. The van der Waals surface area contributed by atoms with E-state index >= 15 is 0 Å². The predicted molar refractivity (Wildman–Crippen MR) is 69.3 cm³/mol. The van der Waals surface area contributed by atoms with Gasteiger partial charge in [-0.05, 0) is 25.9 Å². The number of rotatable bonds is 5. The Morgan fingerprint density at radius 3 is 2.65 bits per heavy atom. The minimum Gasteiger partial charge on any atom is -0.372 e. The monoisotopic (exact) mass is 296 g/mol. The minimum absolute atomic E-state index is 0.00829. The molecule has 1 heterocycles. The van der Waals surface area contributed by atoms with Crippen LogP contribution in [0.5, 0.6) is 0 Å². The Labute approximate surface area is 117 Å². The molecule has 0 N–H and O–H groups in total. The molecule has 1 aliphatic heterocycles. The molecule has 4 nitrogen and oxygen atoms in total. The van der Waals surface area contributed by atoms with Crippen LogP contribution in [0.2, 0.25) is 0 Å². The first-order chi connectivity index (χ1) is 9.20. The second-order valence-electron chi connectivity index (χ2n) is 5.52. The first-order valence-electron chi connectivity index (χ1n) is 6.79. The second-order valence-corrected chi connectivity index (χ2v) is 5.52. The van der Waals surface area contributed by atoms with Gasteiger partial charge in [-0.15, -0.1) is 0 Å². The molecule has 118 valence electrons. The molecule has 20 heavy (non-hydrogen) atoms. The van der Waals surface area contributed by atoms with E-state index in [-0.39, 0.29) is 25.0 Å². The summed E-state index contributed by atoms with van der Waals surface area (Å²) in [5.74, 6) is 0.201. The molecule has 1 saturated heterocycles. The lowest BCUT2D eigenvalue weighted by molar-refractivity contribution is -0.175. The van der Waals surface area contributed by atoms with Gasteiger partial charge in [0.1, 0.15) is 6.61 Å². The first kappa shape index (κ1) is 17.2. The highest BCUT2D eigenvalue weighted by Gasteiger charge is 2.30. The van der Waals surface area contributed by atoms with Gasteiger partial charge in [0.25, 0.3) is 0 Å². The van der Waals surface area contributed by atoms with Gasteiger partial charge < -0.3 is 14.5 Å². The third-order valence-electron chi connectivity index (χ3n) is 3.68. The standard InChI is InChI=1S/C13H23F3N2O2/c1-10-8-17(2)6-4-11(10)18(3)12(19)5-7-20-9-13(14,15)16/h10-11H,4-9H2,1-3H3/t10-,11-/m1/s1. The number of alkyl halides is 3. The Hall–Kier alpha value is -0.820. The highest BCUT2D eigenvalue weighted by atomic mass is 19.4. The van der Waals surface area contributed by atoms with Gasteiger partial charge in [0.05, 0.1) is 13.0 Å². The van der Waals surface area contributed by atoms with Crippen LogP contribution in [0.15, 0.2) is 0 Å². The van der Waals surface area contributed by atoms with Crippen LogP contribution in [0, 0.1) is 5.92 Å². The smallest absolute Gasteiger partial charge is 0.372 e. The van der Waals surface area contributed by atoms with Gasteiger partial charge >= 0.3 is 6.18 Å². The Kier molecular flexibility index (Phi) is 6.26. The summed E-state index contributed by atoms with van der Waals surface area (Å²) in [5, 5.41) is 0. The molecule has 0 spiro atoms. The molecule has 0 aromatic heterocycles. The molecule has 7 heteroatoms. The van der Waals surface area contributed by atoms with Gasteiger partial charge in [0, 0.05) is 19.6 Å². The van der Waals surface area contributed by atoms with E-state index in [0.29, 0.717) is 5.92 Å². The fourth-order valence-electron chi connectivity index (χ4n) is 2.63. The molecule has 1 rings (SSSR count). The minimum atomic E-state index is -4.34. The number of hydrogen-bond donors (Lipinski definition) is 0. The number of carbonyl (C=O) groups is 1. The van der Waals surface area contributed by atoms with Crippen LogP contribution in [0.3, 0.4) is 0 Å². The van der Waals surface area contributed by atoms with Gasteiger partial charge in [0.2, 0.25) is 5.91 Å². The van der Waals surface area contributed by atoms with Gasteiger partial charge in [-0.25, -0.2) is 0 Å². The molecule has 1 amide bonds. The second kappa shape index (κ2) is 7.26. The Morgan fingerprint density at radius 1 is 1.45 bits per heavy atom. The van der Waals surface area contributed by atoms with Crippen LogP contribution in [-0.2, 0) is 9.53 Å². The summed E-state index contributed by atoms with van der Waals surface area (Å²) in [6.07, 6.45) is -3.45. The normalized spacial score (nSPS) is 24.7. The van der Waals surface area contributed by atoms with Gasteiger partial charge in [0.15, 0.2) is 0 Å². The highest BCUT2D eigenvalue weighted by Crippen LogP contribution is 2.21. The van der Waals surface area contributed by atoms with Crippen LogP contribution >= 0.6 is 0 Å². The van der Waals surface area contributed by atoms with E-state index in [4.69, 9.17) is 0 Å². The maximum atomic E-state index is 11.9. The molecule has 1 fully saturated rings. The lowest BCUT2D eigenvalue weighted by Gasteiger charge is -2.40. The molecule has 0 aliphatic carbocycles. The van der Waals surface area contributed by atoms with Crippen LogP contribution in [0.1, 0.15) is 19.8 Å². The summed E-state index contributed by atoms with van der Waals surface area (Å²) in [7, 11) is 3.76. The molecule has 2 atom stereocenters. The lowest BCUT2D eigenvalue weighted by Crippen LogP contribution is -2.49. The average Bonchev–Trinajstić information content (AvgIpc) is 2.32. The Bertz CT molecular complexity index is 323. The van der Waals surface area contributed by atoms with E-state index < -0.39 is 12.8 Å². The maximum Gasteiger partial charge on any atom is 0.411 e. The van der Waals surface area contributed by atoms with Crippen molar-refractivity contribution >= 4 is 5.91 Å². The molecule has 0 radical (unpaired) electrons. The van der Waals surface area contributed by atoms with Crippen molar-refractivity contribution in [2.24, 2.45) is 5.92 Å². The van der Waals surface area contributed by atoms with Gasteiger partial charge in [-0.3, -0.25) is 4.79 Å². The number of nitrogens with zero attached hydrogens (tertiary/aromatic N) is 2. The molecule has 0 aromatic rings. The summed E-state index contributed by atoms with van der Waals surface area (Å²) in [5.41, 5.74) is 0. The number of ether oxygens (including phenoxy) is 1. The van der Waals surface area contributed by atoms with E-state index in [1.807, 2.05) is 7.05 Å². The quantitative estimate of drug-likeness (QED) is 0.725. The SMILES string of the molecule is C[C@@H]1CN(C)CC[C@H]1N(C)C(=O)CCOCC(F)(F)F. The third-order valence-corrected chi connectivity index (χ3v) is 3.68. The number of amides is 1. The van der Waals surface area contributed by atoms with Crippen molar-refractivity contribution in [2.45, 2.75) is 32.0 Å². The van der Waals surface area contributed by atoms with Crippen LogP contribution in [0.4, 0.5) is 13.2 Å². The molecular formula is C13H23F3N2O2. The van der Waals surface area contributed by atoms with Crippen LogP contribution < -0.4 is 0 Å². The fourth-order valence-corrected chi connectivity index (χ4v) is 2.63. The summed E-state index contributed by atoms with van der Waals surface area (Å²) in [4.78, 5) is 15.8. The van der Waals surface area contributed by atoms with Crippen LogP contribution in [0.25, 0.3) is 0 Å². The van der Waals surface area contributed by atoms with Crippen molar-refractivity contribution in [1.29, 1.82) is 0 Å². The third kappa shape index (κ3) is 5.66. The molecule has 0 unspecified atom stereocenters. The number of carbonyl (C=O) groups excluding carboxylic acids is 1. The van der Waals surface area contributed by atoms with Crippen LogP contribution in [-0.4, -0.2) is 68.3 Å². The summed E-state index contributed by atoms with van der Waals surface area (Å²) < 4.78 is 40.1. The summed E-state index contributed by atoms with van der Waals surface area (Å²) in [6, 6.07) is 0.154. The van der Waals surface area contributed by atoms with Gasteiger partial charge in [-0.2, -0.15) is 13.2 Å². The fraction of sp³-hybridized carbons (Fsp3) is 0.923. The molecular weight excluding hydrogens is 273 g/mol. The lowest BCUT2D eigenvalue weighted by atomic mass is 9.93. The summed E-state index contributed by atoms with van der Waals surface area (Å²) >= 11 is 0. The number of likely N-dealkylation sites (tertiary alicyclic amines) is 1. The Balaban J connectivity index is 2.32. The molecule has 1 aliphatic rings. The van der Waals surface area contributed by atoms with E-state index in [1.54, 1.807) is 11.9 Å². The van der Waals surface area contributed by atoms with E-state index in [9.17, 15) is 18.0 Å². The maximum absolute atomic E-state index is 11.9. The van der Waals surface area contributed by atoms with Crippen molar-refractivity contribution in [3.05, 3.63) is 0 Å². The molecule has 0 saturated carbocycles. The zero-order chi connectivity index (χ0) is 15.3. The first-order valence-corrected chi connectivity index (χ1v) is 6.79. The highest BCUT2D eigenvalue weighted by molar-refractivity contribution is 5.76. The number of halogens is 3. The number of hydrogen-bond acceptors (Lipinski definition) is 3.